The summed E-state index contributed by atoms with van der Waals surface area (Å²) >= 11 is 2.23. The maximum Gasteiger partial charge on any atom is 0.352 e. The van der Waals surface area contributed by atoms with Crippen LogP contribution in [0.3, 0.4) is 0 Å². The molecule has 1 saturated heterocycles. The van der Waals surface area contributed by atoms with E-state index in [4.69, 9.17) is 10.5 Å². The van der Waals surface area contributed by atoms with Crippen LogP contribution >= 0.6 is 23.1 Å². The molecule has 3 heterocycles. The highest BCUT2D eigenvalue weighted by Gasteiger charge is 2.54. The number of oxime groups is 1. The number of thiazole rings is 1. The van der Waals surface area contributed by atoms with Gasteiger partial charge >= 0.3 is 11.9 Å². The van der Waals surface area contributed by atoms with Crippen LogP contribution in [0, 0.1) is 0 Å². The molecule has 14 heteroatoms. The lowest BCUT2D eigenvalue weighted by Crippen LogP contribution is -2.71. The first-order valence-corrected chi connectivity index (χ1v) is 10.6. The fourth-order valence-electron chi connectivity index (χ4n) is 2.89. The van der Waals surface area contributed by atoms with Crippen LogP contribution in [0.5, 0.6) is 0 Å². The van der Waals surface area contributed by atoms with Crippen LogP contribution in [0.15, 0.2) is 34.0 Å². The number of esters is 1. The fourth-order valence-corrected chi connectivity index (χ4v) is 4.76. The molecule has 1 fully saturated rings. The minimum atomic E-state index is -1.36. The van der Waals surface area contributed by atoms with Gasteiger partial charge in [0.1, 0.15) is 29.4 Å². The Hall–Kier alpha value is -3.39. The summed E-state index contributed by atoms with van der Waals surface area (Å²) < 4.78 is 5.01. The molecule has 2 atom stereocenters. The summed E-state index contributed by atoms with van der Waals surface area (Å²) in [4.78, 5) is 53.4. The molecule has 0 saturated carbocycles. The predicted octanol–water partition coefficient (Wildman–Crippen LogP) is -0.238. The van der Waals surface area contributed by atoms with Crippen molar-refractivity contribution < 1.29 is 34.2 Å². The summed E-state index contributed by atoms with van der Waals surface area (Å²) in [6.07, 6.45) is 0. The van der Waals surface area contributed by atoms with Gasteiger partial charge in [-0.1, -0.05) is 11.7 Å². The molecule has 5 N–H and O–H groups in total. The number of amides is 2. The molecule has 0 radical (unpaired) electrons. The Morgan fingerprint density at radius 2 is 2.19 bits per heavy atom. The number of nitrogens with zero attached hydrogens (tertiary/aromatic N) is 3. The molecular formula is C17H17N5O7S2. The molecule has 1 aromatic heterocycles. The number of hydrogen-bond acceptors (Lipinski definition) is 11. The largest absolute Gasteiger partial charge is 0.477 e. The smallest absolute Gasteiger partial charge is 0.352 e. The van der Waals surface area contributed by atoms with Crippen molar-refractivity contribution in [1.82, 2.24) is 15.2 Å². The number of carboxylic acid groups (broad SMARTS) is 1. The van der Waals surface area contributed by atoms with Crippen LogP contribution in [-0.2, 0) is 23.9 Å². The third-order valence-corrected chi connectivity index (χ3v) is 6.36. The number of nitrogen functional groups attached to an aromatic ring is 1. The molecule has 0 aromatic carbocycles. The monoisotopic (exact) mass is 467 g/mol. The summed E-state index contributed by atoms with van der Waals surface area (Å²) in [5.74, 6) is -3.41. The molecule has 0 bridgehead atoms. The summed E-state index contributed by atoms with van der Waals surface area (Å²) in [5, 5.41) is 25.0. The van der Waals surface area contributed by atoms with E-state index >= 15 is 0 Å². The highest BCUT2D eigenvalue weighted by Crippen LogP contribution is 2.40. The second-order valence-electron chi connectivity index (χ2n) is 6.49. The number of rotatable bonds is 7. The molecule has 1 unspecified atom stereocenters. The molecule has 12 nitrogen and oxygen atoms in total. The fraction of sp³-hybridized carbons (Fsp3) is 0.294. The van der Waals surface area contributed by atoms with E-state index in [9.17, 15) is 29.5 Å². The predicted molar refractivity (Wildman–Crippen MR) is 110 cm³/mol. The number of β-lactam (4-membered cyclic amide) rings is 1. The van der Waals surface area contributed by atoms with Crippen LogP contribution < -0.4 is 11.1 Å². The average Bonchev–Trinajstić information content (AvgIpc) is 3.15. The number of anilines is 1. The van der Waals surface area contributed by atoms with Crippen LogP contribution in [0.4, 0.5) is 5.13 Å². The van der Waals surface area contributed by atoms with E-state index in [0.29, 0.717) is 0 Å². The van der Waals surface area contributed by atoms with Gasteiger partial charge in [0.05, 0.1) is 0 Å². The van der Waals surface area contributed by atoms with E-state index in [1.54, 1.807) is 0 Å². The number of nitrogens with one attached hydrogen (secondary N) is 1. The van der Waals surface area contributed by atoms with Crippen molar-refractivity contribution >= 4 is 57.7 Å². The van der Waals surface area contributed by atoms with Gasteiger partial charge in [-0.15, -0.1) is 23.1 Å². The van der Waals surface area contributed by atoms with Crippen molar-refractivity contribution in [1.29, 1.82) is 0 Å². The number of ether oxygens (including phenoxy) is 1. The Bertz CT molecular complexity index is 1050. The summed E-state index contributed by atoms with van der Waals surface area (Å²) in [7, 11) is 0. The molecule has 3 rings (SSSR count). The first kappa shape index (κ1) is 22.3. The number of aliphatic carboxylic acids is 1. The second kappa shape index (κ2) is 8.77. The number of carbonyl (C=O) groups is 4. The summed E-state index contributed by atoms with van der Waals surface area (Å²) in [6.45, 7) is 4.60. The number of hydrogen-bond donors (Lipinski definition) is 4. The zero-order valence-corrected chi connectivity index (χ0v) is 17.7. The van der Waals surface area contributed by atoms with E-state index in [2.05, 4.69) is 22.0 Å². The Kier molecular flexibility index (Phi) is 6.31. The molecule has 164 valence electrons. The van der Waals surface area contributed by atoms with Gasteiger partial charge in [0.15, 0.2) is 10.8 Å². The minimum absolute atomic E-state index is 0.0372. The highest BCUT2D eigenvalue weighted by atomic mass is 32.2. The average molecular weight is 467 g/mol. The third kappa shape index (κ3) is 4.25. The van der Waals surface area contributed by atoms with Gasteiger partial charge in [0.25, 0.3) is 11.8 Å². The molecule has 2 aliphatic rings. The minimum Gasteiger partial charge on any atom is -0.477 e. The normalized spacial score (nSPS) is 20.6. The lowest BCUT2D eigenvalue weighted by molar-refractivity contribution is -0.150. The van der Waals surface area contributed by atoms with Crippen LogP contribution in [0.2, 0.25) is 0 Å². The number of nitrogens with two attached hydrogens (primary N) is 1. The number of aromatic nitrogens is 1. The van der Waals surface area contributed by atoms with E-state index in [1.807, 2.05) is 0 Å². The number of carboxylic acids is 1. The molecule has 2 amide bonds. The van der Waals surface area contributed by atoms with E-state index < -0.39 is 40.9 Å². The van der Waals surface area contributed by atoms with Crippen molar-refractivity contribution in [2.24, 2.45) is 5.16 Å². The Balaban J connectivity index is 1.74. The van der Waals surface area contributed by atoms with Gasteiger partial charge in [-0.05, 0) is 6.92 Å². The Morgan fingerprint density at radius 1 is 1.48 bits per heavy atom. The van der Waals surface area contributed by atoms with E-state index in [1.165, 1.54) is 24.1 Å². The summed E-state index contributed by atoms with van der Waals surface area (Å²) in [5.41, 5.74) is 5.23. The van der Waals surface area contributed by atoms with Crippen molar-refractivity contribution in [3.63, 3.8) is 0 Å². The quantitative estimate of drug-likeness (QED) is 0.104. The van der Waals surface area contributed by atoms with E-state index in [-0.39, 0.29) is 40.0 Å². The molecule has 0 spiro atoms. The SMILES string of the molecule is C=C(C)C(=O)OCC1=C(C(=O)O)N2C(=O)C(NC(=O)/C(=N\O)c3csc(N)n3)[C@H]2SC1. The van der Waals surface area contributed by atoms with Gasteiger partial charge in [-0.3, -0.25) is 14.5 Å². The third-order valence-electron chi connectivity index (χ3n) is 4.34. The van der Waals surface area contributed by atoms with Crippen molar-refractivity contribution in [3.05, 3.63) is 34.5 Å². The van der Waals surface area contributed by atoms with Crippen molar-refractivity contribution in [2.45, 2.75) is 18.3 Å². The molecule has 31 heavy (non-hydrogen) atoms. The number of carbonyl (C=O) groups excluding carboxylic acids is 3. The maximum absolute atomic E-state index is 12.6. The second-order valence-corrected chi connectivity index (χ2v) is 8.49. The molecule has 1 aromatic rings. The highest BCUT2D eigenvalue weighted by molar-refractivity contribution is 8.00. The zero-order chi connectivity index (χ0) is 22.9. The Labute approximate surface area is 183 Å². The van der Waals surface area contributed by atoms with Gasteiger partial charge in [-0.25, -0.2) is 14.6 Å². The van der Waals surface area contributed by atoms with Crippen LogP contribution in [0.1, 0.15) is 12.6 Å². The van der Waals surface area contributed by atoms with E-state index in [0.717, 1.165) is 16.2 Å². The van der Waals surface area contributed by atoms with Crippen LogP contribution in [0.25, 0.3) is 0 Å². The summed E-state index contributed by atoms with van der Waals surface area (Å²) in [6, 6.07) is -1.04. The van der Waals surface area contributed by atoms with Gasteiger partial charge < -0.3 is 26.1 Å². The number of thioether (sulfide) groups is 1. The zero-order valence-electron chi connectivity index (χ0n) is 16.0. The van der Waals surface area contributed by atoms with Crippen molar-refractivity contribution in [2.75, 3.05) is 18.1 Å². The molecular weight excluding hydrogens is 450 g/mol. The van der Waals surface area contributed by atoms with Gasteiger partial charge in [0, 0.05) is 22.3 Å². The van der Waals surface area contributed by atoms with Crippen molar-refractivity contribution in [3.8, 4) is 0 Å². The first-order chi connectivity index (χ1) is 14.6. The standard InChI is InChI=1S/C17H17N5O7S2/c1-6(2)16(27)29-3-7-4-30-14-10(13(24)22(14)11(7)15(25)26)20-12(23)9(21-28)8-5-31-17(18)19-8/h5,10,14,28H,1,3-4H2,2H3,(H2,18,19)(H,20,23)(H,25,26)/b21-9-/t10?,14-/m1/s1. The van der Waals surface area contributed by atoms with Crippen LogP contribution in [-0.4, -0.2) is 73.4 Å². The maximum atomic E-state index is 12.6. The van der Waals surface area contributed by atoms with Gasteiger partial charge in [-0.2, -0.15) is 0 Å². The number of fused-ring (bicyclic) bond motifs is 1. The lowest BCUT2D eigenvalue weighted by Gasteiger charge is -2.49. The van der Waals surface area contributed by atoms with Gasteiger partial charge in [0.2, 0.25) is 0 Å². The molecule has 2 aliphatic heterocycles. The Morgan fingerprint density at radius 3 is 2.74 bits per heavy atom. The topological polar surface area (TPSA) is 185 Å². The lowest BCUT2D eigenvalue weighted by atomic mass is 10.0. The molecule has 0 aliphatic carbocycles. The first-order valence-electron chi connectivity index (χ1n) is 8.62.